The summed E-state index contributed by atoms with van der Waals surface area (Å²) in [5.74, 6) is 3.03. The molecule has 3 rings (SSSR count). The highest BCUT2D eigenvalue weighted by Crippen LogP contribution is 2.37. The van der Waals surface area contributed by atoms with E-state index in [0.29, 0.717) is 40.0 Å². The Balaban J connectivity index is 1.91. The van der Waals surface area contributed by atoms with Crippen LogP contribution in [-0.2, 0) is 17.8 Å². The van der Waals surface area contributed by atoms with Crippen molar-refractivity contribution in [2.45, 2.75) is 13.0 Å². The SMILES string of the molecule is C#CCN1C(=O)SC(=Cc2cc(CC=C)c(OCc3ccc(Cl)cc3)c(OC)c2)C1=O. The van der Waals surface area contributed by atoms with Gasteiger partial charge in [-0.1, -0.05) is 35.7 Å². The second-order valence-electron chi connectivity index (χ2n) is 6.59. The molecule has 2 aromatic rings. The minimum atomic E-state index is -0.403. The summed E-state index contributed by atoms with van der Waals surface area (Å²) in [6.45, 7) is 4.10. The number of nitrogens with zero attached hydrogens (tertiary/aromatic N) is 1. The minimum absolute atomic E-state index is 0.0511. The molecule has 1 saturated heterocycles. The van der Waals surface area contributed by atoms with E-state index in [9.17, 15) is 9.59 Å². The van der Waals surface area contributed by atoms with Crippen LogP contribution in [0.25, 0.3) is 6.08 Å². The van der Waals surface area contributed by atoms with E-state index in [1.807, 2.05) is 18.2 Å². The standard InChI is InChI=1S/C24H20ClNO4S/c1-4-6-18-12-17(14-21-23(27)26(11-5-2)24(28)31-21)13-20(29-3)22(18)30-15-16-7-9-19(25)10-8-16/h2,4,7-10,12-14H,1,6,11,15H2,3H3. The maximum atomic E-state index is 12.5. The zero-order chi connectivity index (χ0) is 22.4. The summed E-state index contributed by atoms with van der Waals surface area (Å²) in [6, 6.07) is 11.0. The first-order valence-corrected chi connectivity index (χ1v) is 10.5. The monoisotopic (exact) mass is 453 g/mol. The fourth-order valence-corrected chi connectivity index (χ4v) is 3.97. The molecule has 0 spiro atoms. The quantitative estimate of drug-likeness (QED) is 0.307. The molecule has 0 aliphatic carbocycles. The van der Waals surface area contributed by atoms with Crippen molar-refractivity contribution in [3.05, 3.63) is 75.7 Å². The maximum absolute atomic E-state index is 12.5. The Bertz CT molecular complexity index is 1090. The summed E-state index contributed by atoms with van der Waals surface area (Å²) in [5.41, 5.74) is 2.51. The number of carbonyl (C=O) groups is 2. The van der Waals surface area contributed by atoms with Gasteiger partial charge in [-0.2, -0.15) is 0 Å². The van der Waals surface area contributed by atoms with Gasteiger partial charge in [0.2, 0.25) is 0 Å². The third-order valence-electron chi connectivity index (χ3n) is 4.46. The van der Waals surface area contributed by atoms with Gasteiger partial charge in [-0.15, -0.1) is 13.0 Å². The van der Waals surface area contributed by atoms with Crippen molar-refractivity contribution in [3.8, 4) is 23.8 Å². The summed E-state index contributed by atoms with van der Waals surface area (Å²) >= 11 is 6.80. The van der Waals surface area contributed by atoms with Crippen molar-refractivity contribution in [1.29, 1.82) is 0 Å². The van der Waals surface area contributed by atoms with Gasteiger partial charge in [-0.3, -0.25) is 14.5 Å². The Morgan fingerprint density at radius 2 is 2.00 bits per heavy atom. The number of rotatable bonds is 8. The average Bonchev–Trinajstić information content (AvgIpc) is 3.01. The molecule has 2 amide bonds. The van der Waals surface area contributed by atoms with Crippen molar-refractivity contribution in [1.82, 2.24) is 4.90 Å². The van der Waals surface area contributed by atoms with Crippen molar-refractivity contribution < 1.29 is 19.1 Å². The summed E-state index contributed by atoms with van der Waals surface area (Å²) in [4.78, 5) is 25.8. The Hall–Kier alpha value is -3.14. The number of hydrogen-bond donors (Lipinski definition) is 0. The van der Waals surface area contributed by atoms with Gasteiger partial charge in [-0.25, -0.2) is 0 Å². The van der Waals surface area contributed by atoms with Crippen LogP contribution >= 0.6 is 23.4 Å². The molecule has 0 N–H and O–H groups in total. The highest BCUT2D eigenvalue weighted by Gasteiger charge is 2.34. The number of methoxy groups -OCH3 is 1. The lowest BCUT2D eigenvalue weighted by Gasteiger charge is -2.16. The smallest absolute Gasteiger partial charge is 0.294 e. The van der Waals surface area contributed by atoms with E-state index in [0.717, 1.165) is 27.8 Å². The summed E-state index contributed by atoms with van der Waals surface area (Å²) in [5, 5.41) is 0.278. The molecule has 158 valence electrons. The van der Waals surface area contributed by atoms with Crippen LogP contribution in [-0.4, -0.2) is 29.7 Å². The third-order valence-corrected chi connectivity index (χ3v) is 5.61. The second kappa shape index (κ2) is 10.3. The van der Waals surface area contributed by atoms with Crippen LogP contribution in [0.2, 0.25) is 5.02 Å². The number of benzene rings is 2. The second-order valence-corrected chi connectivity index (χ2v) is 8.02. The van der Waals surface area contributed by atoms with Crippen LogP contribution < -0.4 is 9.47 Å². The molecule has 0 saturated carbocycles. The Kier molecular flexibility index (Phi) is 7.45. The van der Waals surface area contributed by atoms with Crippen molar-refractivity contribution >= 4 is 40.6 Å². The molecule has 7 heteroatoms. The van der Waals surface area contributed by atoms with Crippen LogP contribution in [0.3, 0.4) is 0 Å². The number of carbonyl (C=O) groups excluding carboxylic acids is 2. The predicted octanol–water partition coefficient (Wildman–Crippen LogP) is 5.33. The lowest BCUT2D eigenvalue weighted by molar-refractivity contribution is -0.122. The fraction of sp³-hybridized carbons (Fsp3) is 0.167. The topological polar surface area (TPSA) is 55.8 Å². The molecule has 2 aromatic carbocycles. The maximum Gasteiger partial charge on any atom is 0.294 e. The number of thioether (sulfide) groups is 1. The molecule has 31 heavy (non-hydrogen) atoms. The zero-order valence-corrected chi connectivity index (χ0v) is 18.5. The summed E-state index contributed by atoms with van der Waals surface area (Å²) < 4.78 is 11.6. The van der Waals surface area contributed by atoms with Crippen LogP contribution in [0.15, 0.2) is 54.0 Å². The Morgan fingerprint density at radius 1 is 1.26 bits per heavy atom. The van der Waals surface area contributed by atoms with Gasteiger partial charge in [0.15, 0.2) is 11.5 Å². The first-order chi connectivity index (χ1) is 15.0. The number of allylic oxidation sites excluding steroid dienone is 1. The molecule has 5 nitrogen and oxygen atoms in total. The highest BCUT2D eigenvalue weighted by molar-refractivity contribution is 8.18. The van der Waals surface area contributed by atoms with Gasteiger partial charge in [0.1, 0.15) is 6.61 Å². The van der Waals surface area contributed by atoms with E-state index in [-0.39, 0.29) is 11.8 Å². The number of terminal acetylenes is 1. The molecule has 1 aliphatic rings. The lowest BCUT2D eigenvalue weighted by Crippen LogP contribution is -2.28. The van der Waals surface area contributed by atoms with Crippen molar-refractivity contribution in [2.24, 2.45) is 0 Å². The van der Waals surface area contributed by atoms with Gasteiger partial charge >= 0.3 is 0 Å². The van der Waals surface area contributed by atoms with E-state index >= 15 is 0 Å². The normalized spacial score (nSPS) is 14.6. The summed E-state index contributed by atoms with van der Waals surface area (Å²) in [6.07, 6.45) is 9.19. The van der Waals surface area contributed by atoms with E-state index in [1.54, 1.807) is 37.5 Å². The highest BCUT2D eigenvalue weighted by atomic mass is 35.5. The van der Waals surface area contributed by atoms with Crippen LogP contribution in [0.4, 0.5) is 4.79 Å². The third kappa shape index (κ3) is 5.32. The van der Waals surface area contributed by atoms with Gasteiger partial charge in [-0.05, 0) is 59.7 Å². The van der Waals surface area contributed by atoms with Crippen molar-refractivity contribution in [2.75, 3.05) is 13.7 Å². The first kappa shape index (κ1) is 22.5. The molecule has 1 fully saturated rings. The largest absolute Gasteiger partial charge is 0.493 e. The molecule has 0 atom stereocenters. The van der Waals surface area contributed by atoms with Crippen LogP contribution in [0.5, 0.6) is 11.5 Å². The first-order valence-electron chi connectivity index (χ1n) is 9.34. The number of hydrogen-bond acceptors (Lipinski definition) is 5. The number of amides is 2. The molecule has 0 aromatic heterocycles. The predicted molar refractivity (Wildman–Crippen MR) is 124 cm³/mol. The Morgan fingerprint density at radius 3 is 2.65 bits per heavy atom. The van der Waals surface area contributed by atoms with Gasteiger partial charge in [0.25, 0.3) is 11.1 Å². The van der Waals surface area contributed by atoms with E-state index in [2.05, 4.69) is 12.5 Å². The molecule has 0 radical (unpaired) electrons. The molecule has 1 aliphatic heterocycles. The Labute approximate surface area is 190 Å². The number of halogens is 1. The molecule has 0 unspecified atom stereocenters. The molecular weight excluding hydrogens is 434 g/mol. The zero-order valence-electron chi connectivity index (χ0n) is 16.9. The van der Waals surface area contributed by atoms with E-state index in [1.165, 1.54) is 0 Å². The van der Waals surface area contributed by atoms with Crippen LogP contribution in [0, 0.1) is 12.3 Å². The summed E-state index contributed by atoms with van der Waals surface area (Å²) in [7, 11) is 1.55. The fourth-order valence-electron chi connectivity index (χ4n) is 3.00. The van der Waals surface area contributed by atoms with E-state index < -0.39 is 5.91 Å². The van der Waals surface area contributed by atoms with Crippen molar-refractivity contribution in [3.63, 3.8) is 0 Å². The molecular formula is C24H20ClNO4S. The minimum Gasteiger partial charge on any atom is -0.493 e. The average molecular weight is 454 g/mol. The number of ether oxygens (including phenoxy) is 2. The molecule has 0 bridgehead atoms. The molecule has 1 heterocycles. The number of imide groups is 1. The van der Waals surface area contributed by atoms with Crippen LogP contribution in [0.1, 0.15) is 16.7 Å². The lowest BCUT2D eigenvalue weighted by atomic mass is 10.0. The van der Waals surface area contributed by atoms with Gasteiger partial charge < -0.3 is 9.47 Å². The van der Waals surface area contributed by atoms with E-state index in [4.69, 9.17) is 27.5 Å². The van der Waals surface area contributed by atoms with Gasteiger partial charge in [0.05, 0.1) is 18.6 Å². The van der Waals surface area contributed by atoms with Gasteiger partial charge in [0, 0.05) is 10.6 Å².